The van der Waals surface area contributed by atoms with E-state index in [1.165, 1.54) is 18.1 Å². The van der Waals surface area contributed by atoms with E-state index in [2.05, 4.69) is 43.4 Å². The zero-order valence-electron chi connectivity index (χ0n) is 10.8. The lowest BCUT2D eigenvalue weighted by atomic mass is 10.0. The molecule has 0 spiro atoms. The van der Waals surface area contributed by atoms with Crippen molar-refractivity contribution >= 4 is 5.97 Å². The van der Waals surface area contributed by atoms with Gasteiger partial charge in [-0.15, -0.1) is 0 Å². The van der Waals surface area contributed by atoms with Crippen molar-refractivity contribution in [1.29, 1.82) is 0 Å². The van der Waals surface area contributed by atoms with E-state index in [9.17, 15) is 4.79 Å². The average molecular weight is 235 g/mol. The molecule has 0 atom stereocenters. The number of hydrogen-bond acceptors (Lipinski definition) is 3. The molecule has 1 N–H and O–H groups in total. The van der Waals surface area contributed by atoms with Gasteiger partial charge >= 0.3 is 5.97 Å². The summed E-state index contributed by atoms with van der Waals surface area (Å²) in [6.45, 7) is 7.72. The van der Waals surface area contributed by atoms with E-state index in [0.29, 0.717) is 19.1 Å². The number of hydrogen-bond donors (Lipinski definition) is 1. The Bertz CT molecular complexity index is 344. The molecule has 0 heterocycles. The van der Waals surface area contributed by atoms with Gasteiger partial charge in [0.1, 0.15) is 6.61 Å². The van der Waals surface area contributed by atoms with Gasteiger partial charge in [-0.2, -0.15) is 0 Å². The van der Waals surface area contributed by atoms with Gasteiger partial charge in [0.25, 0.3) is 0 Å². The second-order valence-corrected chi connectivity index (χ2v) is 4.41. The van der Waals surface area contributed by atoms with Crippen molar-refractivity contribution in [2.75, 3.05) is 13.2 Å². The highest BCUT2D eigenvalue weighted by atomic mass is 16.5. The first kappa shape index (κ1) is 13.7. The van der Waals surface area contributed by atoms with Crippen molar-refractivity contribution in [2.45, 2.75) is 33.2 Å². The molecule has 3 heteroatoms. The number of rotatable bonds is 6. The molecule has 0 bridgehead atoms. The van der Waals surface area contributed by atoms with Crippen molar-refractivity contribution in [2.24, 2.45) is 0 Å². The molecular formula is C14H21NO2. The molecule has 17 heavy (non-hydrogen) atoms. The first-order valence-corrected chi connectivity index (χ1v) is 6.02. The maximum atomic E-state index is 10.5. The molecular weight excluding hydrogens is 214 g/mol. The van der Waals surface area contributed by atoms with Crippen LogP contribution in [0.1, 0.15) is 37.8 Å². The number of benzene rings is 1. The fourth-order valence-electron chi connectivity index (χ4n) is 1.52. The minimum absolute atomic E-state index is 0.229. The predicted octanol–water partition coefficient (Wildman–Crippen LogP) is 2.46. The van der Waals surface area contributed by atoms with Crippen LogP contribution in [0.5, 0.6) is 0 Å². The first-order chi connectivity index (χ1) is 8.09. The SMILES string of the molecule is CC(=O)OCCNCc1ccc(C(C)C)cc1. The zero-order valence-corrected chi connectivity index (χ0v) is 10.8. The van der Waals surface area contributed by atoms with Crippen LogP contribution in [-0.4, -0.2) is 19.1 Å². The second kappa shape index (κ2) is 7.07. The molecule has 0 fully saturated rings. The summed E-state index contributed by atoms with van der Waals surface area (Å²) in [6.07, 6.45) is 0. The first-order valence-electron chi connectivity index (χ1n) is 6.02. The monoisotopic (exact) mass is 235 g/mol. The Morgan fingerprint density at radius 2 is 1.94 bits per heavy atom. The molecule has 94 valence electrons. The molecule has 0 aliphatic heterocycles. The lowest BCUT2D eigenvalue weighted by molar-refractivity contribution is -0.140. The third kappa shape index (κ3) is 5.50. The summed E-state index contributed by atoms with van der Waals surface area (Å²) in [7, 11) is 0. The number of carbonyl (C=O) groups excluding carboxylic acids is 1. The van der Waals surface area contributed by atoms with E-state index in [4.69, 9.17) is 4.74 Å². The third-order valence-corrected chi connectivity index (χ3v) is 2.56. The van der Waals surface area contributed by atoms with Gasteiger partial charge in [-0.1, -0.05) is 38.1 Å². The summed E-state index contributed by atoms with van der Waals surface area (Å²) < 4.78 is 4.83. The summed E-state index contributed by atoms with van der Waals surface area (Å²) in [5.74, 6) is 0.342. The van der Waals surface area contributed by atoms with Crippen LogP contribution in [0.4, 0.5) is 0 Å². The summed E-state index contributed by atoms with van der Waals surface area (Å²) in [4.78, 5) is 10.5. The standard InChI is InChI=1S/C14H21NO2/c1-11(2)14-6-4-13(5-7-14)10-15-8-9-17-12(3)16/h4-7,11,15H,8-10H2,1-3H3. The van der Waals surface area contributed by atoms with E-state index in [1.807, 2.05) is 0 Å². The Morgan fingerprint density at radius 1 is 1.29 bits per heavy atom. The van der Waals surface area contributed by atoms with Crippen LogP contribution in [0.2, 0.25) is 0 Å². The number of carbonyl (C=O) groups is 1. The van der Waals surface area contributed by atoms with E-state index in [1.54, 1.807) is 0 Å². The molecule has 1 aromatic carbocycles. The van der Waals surface area contributed by atoms with Crippen LogP contribution in [0, 0.1) is 0 Å². The largest absolute Gasteiger partial charge is 0.465 e. The fourth-order valence-corrected chi connectivity index (χ4v) is 1.52. The maximum absolute atomic E-state index is 10.5. The quantitative estimate of drug-likeness (QED) is 0.608. The highest BCUT2D eigenvalue weighted by Crippen LogP contribution is 2.14. The lowest BCUT2D eigenvalue weighted by Crippen LogP contribution is -2.20. The Hall–Kier alpha value is -1.35. The molecule has 3 nitrogen and oxygen atoms in total. The number of ether oxygens (including phenoxy) is 1. The van der Waals surface area contributed by atoms with Crippen molar-refractivity contribution < 1.29 is 9.53 Å². The predicted molar refractivity (Wildman–Crippen MR) is 68.9 cm³/mol. The topological polar surface area (TPSA) is 38.3 Å². The van der Waals surface area contributed by atoms with Gasteiger partial charge in [0.2, 0.25) is 0 Å². The molecule has 0 aliphatic rings. The van der Waals surface area contributed by atoms with Gasteiger partial charge in [0.15, 0.2) is 0 Å². The molecule has 0 aromatic heterocycles. The van der Waals surface area contributed by atoms with Gasteiger partial charge in [0, 0.05) is 20.0 Å². The van der Waals surface area contributed by atoms with Crippen LogP contribution in [0.3, 0.4) is 0 Å². The highest BCUT2D eigenvalue weighted by molar-refractivity contribution is 5.65. The van der Waals surface area contributed by atoms with Crippen LogP contribution in [0.15, 0.2) is 24.3 Å². The molecule has 1 aromatic rings. The number of esters is 1. The maximum Gasteiger partial charge on any atom is 0.302 e. The normalized spacial score (nSPS) is 10.6. The Labute approximate surface area is 103 Å². The Kier molecular flexibility index (Phi) is 5.70. The molecule has 0 amide bonds. The second-order valence-electron chi connectivity index (χ2n) is 4.41. The van der Waals surface area contributed by atoms with Crippen molar-refractivity contribution in [1.82, 2.24) is 5.32 Å². The summed E-state index contributed by atoms with van der Waals surface area (Å²) in [5, 5.41) is 3.23. The third-order valence-electron chi connectivity index (χ3n) is 2.56. The van der Waals surface area contributed by atoms with Gasteiger partial charge in [-0.05, 0) is 17.0 Å². The average Bonchev–Trinajstić information content (AvgIpc) is 2.29. The summed E-state index contributed by atoms with van der Waals surface area (Å²) in [6, 6.07) is 8.59. The molecule has 0 unspecified atom stereocenters. The summed E-state index contributed by atoms with van der Waals surface area (Å²) in [5.41, 5.74) is 2.60. The van der Waals surface area contributed by atoms with E-state index >= 15 is 0 Å². The molecule has 0 radical (unpaired) electrons. The van der Waals surface area contributed by atoms with Gasteiger partial charge in [-0.25, -0.2) is 0 Å². The van der Waals surface area contributed by atoms with Gasteiger partial charge < -0.3 is 10.1 Å². The summed E-state index contributed by atoms with van der Waals surface area (Å²) >= 11 is 0. The lowest BCUT2D eigenvalue weighted by Gasteiger charge is -2.08. The van der Waals surface area contributed by atoms with E-state index in [-0.39, 0.29) is 5.97 Å². The molecule has 1 rings (SSSR count). The minimum atomic E-state index is -0.229. The van der Waals surface area contributed by atoms with Gasteiger partial charge in [-0.3, -0.25) is 4.79 Å². The van der Waals surface area contributed by atoms with Crippen LogP contribution in [0.25, 0.3) is 0 Å². The van der Waals surface area contributed by atoms with Crippen molar-refractivity contribution in [3.63, 3.8) is 0 Å². The van der Waals surface area contributed by atoms with Crippen LogP contribution in [-0.2, 0) is 16.1 Å². The minimum Gasteiger partial charge on any atom is -0.465 e. The number of nitrogens with one attached hydrogen (secondary N) is 1. The van der Waals surface area contributed by atoms with Gasteiger partial charge in [0.05, 0.1) is 0 Å². The molecule has 0 aliphatic carbocycles. The van der Waals surface area contributed by atoms with E-state index in [0.717, 1.165) is 6.54 Å². The van der Waals surface area contributed by atoms with Crippen LogP contribution >= 0.6 is 0 Å². The fraction of sp³-hybridized carbons (Fsp3) is 0.500. The highest BCUT2D eigenvalue weighted by Gasteiger charge is 1.98. The van der Waals surface area contributed by atoms with E-state index < -0.39 is 0 Å². The van der Waals surface area contributed by atoms with Crippen LogP contribution < -0.4 is 5.32 Å². The van der Waals surface area contributed by atoms with Crippen molar-refractivity contribution in [3.05, 3.63) is 35.4 Å². The molecule has 0 saturated carbocycles. The zero-order chi connectivity index (χ0) is 12.7. The molecule has 0 saturated heterocycles. The van der Waals surface area contributed by atoms with Crippen molar-refractivity contribution in [3.8, 4) is 0 Å². The Morgan fingerprint density at radius 3 is 2.47 bits per heavy atom. The smallest absolute Gasteiger partial charge is 0.302 e. The Balaban J connectivity index is 2.25.